The lowest BCUT2D eigenvalue weighted by atomic mass is 9.92. The highest BCUT2D eigenvalue weighted by molar-refractivity contribution is 7.93. The van der Waals surface area contributed by atoms with Gasteiger partial charge in [0.15, 0.2) is 21.5 Å². The molecule has 2 aromatic heterocycles. The van der Waals surface area contributed by atoms with Crippen molar-refractivity contribution in [3.63, 3.8) is 0 Å². The van der Waals surface area contributed by atoms with Crippen molar-refractivity contribution in [3.05, 3.63) is 59.4 Å². The van der Waals surface area contributed by atoms with Gasteiger partial charge in [0.25, 0.3) is 0 Å². The second-order valence-corrected chi connectivity index (χ2v) is 11.0. The fourth-order valence-electron chi connectivity index (χ4n) is 3.67. The number of benzene rings is 1. The molecule has 0 fully saturated rings. The van der Waals surface area contributed by atoms with Gasteiger partial charge >= 0.3 is 0 Å². The molecule has 12 heteroatoms. The summed E-state index contributed by atoms with van der Waals surface area (Å²) in [4.78, 5) is 12.1. The number of hydrogen-bond donors (Lipinski definition) is 2. The standard InChI is InChI=1S/C22H19F3N6O2S/c1-21(2)20(27)31-22(10-23,11-34(21,32)33)15-6-13(3-4-16(15)24)30-19-18-14(17(25)9-29-19)5-12(7-26)8-28-18/h3-6,8-9H,10-11H2,1-2H3,(H2,27,31)(H,29,30)/t22-/m0/s1. The normalized spacial score (nSPS) is 21.0. The second-order valence-electron chi connectivity index (χ2n) is 8.44. The molecule has 0 spiro atoms. The number of nitriles is 1. The smallest absolute Gasteiger partial charge is 0.165 e. The van der Waals surface area contributed by atoms with E-state index in [-0.39, 0.29) is 39.4 Å². The van der Waals surface area contributed by atoms with Crippen LogP contribution in [0.2, 0.25) is 0 Å². The van der Waals surface area contributed by atoms with Crippen molar-refractivity contribution in [2.75, 3.05) is 17.7 Å². The van der Waals surface area contributed by atoms with E-state index in [9.17, 15) is 21.6 Å². The number of nitrogens with one attached hydrogen (secondary N) is 1. The van der Waals surface area contributed by atoms with Crippen LogP contribution in [0.3, 0.4) is 0 Å². The Morgan fingerprint density at radius 2 is 1.91 bits per heavy atom. The van der Waals surface area contributed by atoms with E-state index in [0.29, 0.717) is 0 Å². The lowest BCUT2D eigenvalue weighted by Crippen LogP contribution is -2.56. The third kappa shape index (κ3) is 3.62. The first kappa shape index (κ1) is 23.4. The van der Waals surface area contributed by atoms with E-state index in [2.05, 4.69) is 20.3 Å². The molecule has 1 aromatic carbocycles. The third-order valence-corrected chi connectivity index (χ3v) is 8.54. The minimum Gasteiger partial charge on any atom is -0.386 e. The van der Waals surface area contributed by atoms with E-state index in [1.54, 1.807) is 0 Å². The molecule has 0 unspecified atom stereocenters. The van der Waals surface area contributed by atoms with Crippen LogP contribution in [-0.2, 0) is 15.4 Å². The van der Waals surface area contributed by atoms with Gasteiger partial charge in [-0.05, 0) is 38.1 Å². The van der Waals surface area contributed by atoms with E-state index < -0.39 is 44.2 Å². The maximum absolute atomic E-state index is 14.9. The average molecular weight is 488 g/mol. The molecule has 0 radical (unpaired) electrons. The predicted molar refractivity (Wildman–Crippen MR) is 121 cm³/mol. The van der Waals surface area contributed by atoms with Crippen LogP contribution in [0.1, 0.15) is 25.0 Å². The summed E-state index contributed by atoms with van der Waals surface area (Å²) in [6.45, 7) is 1.40. The molecule has 0 saturated heterocycles. The molecule has 8 nitrogen and oxygen atoms in total. The van der Waals surface area contributed by atoms with E-state index in [1.807, 2.05) is 6.07 Å². The summed E-state index contributed by atoms with van der Waals surface area (Å²) in [5, 5.41) is 11.9. The van der Waals surface area contributed by atoms with Gasteiger partial charge in [-0.15, -0.1) is 0 Å². The van der Waals surface area contributed by atoms with Gasteiger partial charge in [0.2, 0.25) is 0 Å². The lowest BCUT2D eigenvalue weighted by Gasteiger charge is -2.38. The molecule has 3 heterocycles. The number of aromatic nitrogens is 2. The molecular formula is C22H19F3N6O2S. The van der Waals surface area contributed by atoms with Crippen LogP contribution in [0, 0.1) is 23.0 Å². The van der Waals surface area contributed by atoms with Gasteiger partial charge in [0, 0.05) is 22.8 Å². The minimum absolute atomic E-state index is 0.0390. The van der Waals surface area contributed by atoms with Crippen molar-refractivity contribution in [2.24, 2.45) is 10.7 Å². The summed E-state index contributed by atoms with van der Waals surface area (Å²) in [7, 11) is -3.98. The number of nitrogens with two attached hydrogens (primary N) is 1. The Labute approximate surface area is 193 Å². The number of fused-ring (bicyclic) bond motifs is 1. The fourth-order valence-corrected chi connectivity index (χ4v) is 5.32. The molecule has 0 amide bonds. The predicted octanol–water partition coefficient (Wildman–Crippen LogP) is 3.25. The molecule has 1 atom stereocenters. The fraction of sp³-hybridized carbons (Fsp3) is 0.273. The van der Waals surface area contributed by atoms with Crippen LogP contribution >= 0.6 is 0 Å². The Kier molecular flexibility index (Phi) is 5.48. The monoisotopic (exact) mass is 488 g/mol. The van der Waals surface area contributed by atoms with Crippen molar-refractivity contribution in [1.29, 1.82) is 5.26 Å². The van der Waals surface area contributed by atoms with Gasteiger partial charge in [-0.1, -0.05) is 0 Å². The molecule has 1 aliphatic rings. The van der Waals surface area contributed by atoms with Crippen molar-refractivity contribution < 1.29 is 21.6 Å². The number of sulfone groups is 1. The summed E-state index contributed by atoms with van der Waals surface area (Å²) in [6.07, 6.45) is 2.18. The van der Waals surface area contributed by atoms with Crippen molar-refractivity contribution >= 4 is 38.1 Å². The van der Waals surface area contributed by atoms with Crippen LogP contribution in [0.25, 0.3) is 10.9 Å². The molecule has 34 heavy (non-hydrogen) atoms. The van der Waals surface area contributed by atoms with Crippen molar-refractivity contribution in [2.45, 2.75) is 24.1 Å². The Balaban J connectivity index is 1.82. The molecule has 4 rings (SSSR count). The Hall–Kier alpha value is -3.72. The van der Waals surface area contributed by atoms with Gasteiger partial charge in [-0.3, -0.25) is 9.98 Å². The minimum atomic E-state index is -3.98. The summed E-state index contributed by atoms with van der Waals surface area (Å²) in [5.41, 5.74) is 3.95. The highest BCUT2D eigenvalue weighted by Gasteiger charge is 2.51. The van der Waals surface area contributed by atoms with Crippen molar-refractivity contribution in [1.82, 2.24) is 9.97 Å². The first-order chi connectivity index (χ1) is 15.9. The van der Waals surface area contributed by atoms with Gasteiger partial charge in [-0.25, -0.2) is 26.6 Å². The van der Waals surface area contributed by atoms with E-state index in [1.165, 1.54) is 38.2 Å². The molecular weight excluding hydrogens is 469 g/mol. The van der Waals surface area contributed by atoms with Crippen LogP contribution < -0.4 is 11.1 Å². The Morgan fingerprint density at radius 3 is 2.56 bits per heavy atom. The zero-order chi connectivity index (χ0) is 24.9. The van der Waals surface area contributed by atoms with Crippen molar-refractivity contribution in [3.8, 4) is 6.07 Å². The van der Waals surface area contributed by atoms with Crippen LogP contribution in [0.15, 0.2) is 41.7 Å². The molecule has 3 aromatic rings. The molecule has 0 aliphatic carbocycles. The molecule has 1 aliphatic heterocycles. The number of alkyl halides is 1. The Bertz CT molecular complexity index is 1500. The van der Waals surface area contributed by atoms with Crippen LogP contribution in [0.4, 0.5) is 24.7 Å². The summed E-state index contributed by atoms with van der Waals surface area (Å²) >= 11 is 0. The summed E-state index contributed by atoms with van der Waals surface area (Å²) in [6, 6.07) is 6.74. The second kappa shape index (κ2) is 7.95. The Morgan fingerprint density at radius 1 is 1.18 bits per heavy atom. The number of anilines is 2. The SMILES string of the molecule is CC1(C)C(N)=N[C@](CF)(c2cc(Nc3ncc(F)c4cc(C#N)cnc34)ccc2F)CS1(=O)=O. The van der Waals surface area contributed by atoms with Gasteiger partial charge < -0.3 is 11.1 Å². The quantitative estimate of drug-likeness (QED) is 0.576. The molecule has 3 N–H and O–H groups in total. The maximum Gasteiger partial charge on any atom is 0.165 e. The maximum atomic E-state index is 14.9. The average Bonchev–Trinajstić information content (AvgIpc) is 2.80. The van der Waals surface area contributed by atoms with E-state index in [4.69, 9.17) is 11.0 Å². The highest BCUT2D eigenvalue weighted by Crippen LogP contribution is 2.39. The number of aliphatic imine (C=N–C) groups is 1. The van der Waals surface area contributed by atoms with Gasteiger partial charge in [0.05, 0.1) is 17.5 Å². The lowest BCUT2D eigenvalue weighted by molar-refractivity contribution is 0.324. The number of amidine groups is 1. The largest absolute Gasteiger partial charge is 0.386 e. The van der Waals surface area contributed by atoms with Crippen LogP contribution in [0.5, 0.6) is 0 Å². The number of nitrogens with zero attached hydrogens (tertiary/aromatic N) is 4. The molecule has 0 bridgehead atoms. The van der Waals surface area contributed by atoms with E-state index in [0.717, 1.165) is 12.3 Å². The van der Waals surface area contributed by atoms with Gasteiger partial charge in [-0.2, -0.15) is 5.26 Å². The van der Waals surface area contributed by atoms with Crippen LogP contribution in [-0.4, -0.2) is 41.4 Å². The van der Waals surface area contributed by atoms with Gasteiger partial charge in [0.1, 0.15) is 40.2 Å². The molecule has 0 saturated carbocycles. The third-order valence-electron chi connectivity index (χ3n) is 5.91. The summed E-state index contributed by atoms with van der Waals surface area (Å²) in [5.74, 6) is -2.57. The number of rotatable bonds is 4. The van der Waals surface area contributed by atoms with E-state index >= 15 is 0 Å². The first-order valence-corrected chi connectivity index (χ1v) is 11.6. The topological polar surface area (TPSA) is 134 Å². The number of halogens is 3. The highest BCUT2D eigenvalue weighted by atomic mass is 32.2. The molecule has 176 valence electrons. The zero-order valence-electron chi connectivity index (χ0n) is 18.1. The zero-order valence-corrected chi connectivity index (χ0v) is 18.9. The number of hydrogen-bond acceptors (Lipinski definition) is 8. The summed E-state index contributed by atoms with van der Waals surface area (Å²) < 4.78 is 67.6. The first-order valence-electron chi connectivity index (χ1n) is 9.99. The number of pyridine rings is 2.